The highest BCUT2D eigenvalue weighted by Gasteiger charge is 2.24. The van der Waals surface area contributed by atoms with E-state index in [2.05, 4.69) is 31.1 Å². The molecule has 8 nitrogen and oxygen atoms in total. The molecule has 0 fully saturated rings. The van der Waals surface area contributed by atoms with Crippen molar-refractivity contribution < 1.29 is 23.2 Å². The Bertz CT molecular complexity index is 825. The molecule has 0 radical (unpaired) electrons. The van der Waals surface area contributed by atoms with Gasteiger partial charge in [-0.2, -0.15) is 13.5 Å². The van der Waals surface area contributed by atoms with Crippen molar-refractivity contribution in [2.24, 2.45) is 0 Å². The van der Waals surface area contributed by atoms with Crippen molar-refractivity contribution >= 4 is 33.3 Å². The SMILES string of the molecule is Cc1cc(OC(F)F)ccc1NC(=O)Cn1nc([N+](=O)[O-])c(Br)c1C. The van der Waals surface area contributed by atoms with Crippen LogP contribution in [0.2, 0.25) is 0 Å². The number of aromatic nitrogens is 2. The zero-order valence-corrected chi connectivity index (χ0v) is 14.7. The van der Waals surface area contributed by atoms with Crippen molar-refractivity contribution in [2.45, 2.75) is 27.0 Å². The van der Waals surface area contributed by atoms with E-state index in [0.717, 1.165) is 0 Å². The molecule has 0 aliphatic carbocycles. The van der Waals surface area contributed by atoms with Gasteiger partial charge in [-0.1, -0.05) is 0 Å². The van der Waals surface area contributed by atoms with Gasteiger partial charge in [0.15, 0.2) is 0 Å². The predicted octanol–water partition coefficient (Wildman–Crippen LogP) is 3.41. The van der Waals surface area contributed by atoms with Gasteiger partial charge in [-0.3, -0.25) is 4.79 Å². The van der Waals surface area contributed by atoms with Crippen LogP contribution in [0.4, 0.5) is 20.3 Å². The van der Waals surface area contributed by atoms with Crippen molar-refractivity contribution in [1.82, 2.24) is 9.78 Å². The summed E-state index contributed by atoms with van der Waals surface area (Å²) in [6, 6.07) is 4.09. The van der Waals surface area contributed by atoms with Crippen LogP contribution in [-0.2, 0) is 11.3 Å². The Morgan fingerprint density at radius 3 is 2.68 bits per heavy atom. The minimum atomic E-state index is -2.93. The van der Waals surface area contributed by atoms with E-state index >= 15 is 0 Å². The minimum absolute atomic E-state index is 0.0204. The maximum absolute atomic E-state index is 12.2. The molecule has 25 heavy (non-hydrogen) atoms. The van der Waals surface area contributed by atoms with Gasteiger partial charge >= 0.3 is 12.4 Å². The molecule has 0 bridgehead atoms. The van der Waals surface area contributed by atoms with Crippen molar-refractivity contribution in [1.29, 1.82) is 0 Å². The molecule has 0 unspecified atom stereocenters. The molecule has 1 aromatic carbocycles. The molecule has 0 spiro atoms. The fourth-order valence-corrected chi connectivity index (χ4v) is 2.49. The number of rotatable bonds is 6. The number of carbonyl (C=O) groups is 1. The number of anilines is 1. The van der Waals surface area contributed by atoms with Crippen LogP contribution in [0.5, 0.6) is 5.75 Å². The Labute approximate surface area is 149 Å². The number of nitrogens with zero attached hydrogens (tertiary/aromatic N) is 3. The molecule has 134 valence electrons. The first-order valence-corrected chi connectivity index (χ1v) is 7.71. The number of alkyl halides is 2. The average molecular weight is 419 g/mol. The van der Waals surface area contributed by atoms with Gasteiger partial charge in [-0.15, -0.1) is 0 Å². The predicted molar refractivity (Wildman–Crippen MR) is 87.8 cm³/mol. The number of ether oxygens (including phenoxy) is 1. The molecule has 1 aromatic heterocycles. The lowest BCUT2D eigenvalue weighted by molar-refractivity contribution is -0.390. The summed E-state index contributed by atoms with van der Waals surface area (Å²) in [5.41, 5.74) is 1.36. The van der Waals surface area contributed by atoms with E-state index in [-0.39, 0.29) is 22.6 Å². The summed E-state index contributed by atoms with van der Waals surface area (Å²) >= 11 is 3.07. The molecule has 1 amide bonds. The molecule has 0 saturated carbocycles. The number of carbonyl (C=O) groups excluding carboxylic acids is 1. The summed E-state index contributed by atoms with van der Waals surface area (Å²) in [6.45, 7) is 0.0255. The highest BCUT2D eigenvalue weighted by molar-refractivity contribution is 9.10. The van der Waals surface area contributed by atoms with Gasteiger partial charge < -0.3 is 20.2 Å². The fraction of sp³-hybridized carbons (Fsp3) is 0.286. The van der Waals surface area contributed by atoms with E-state index in [4.69, 9.17) is 0 Å². The second-order valence-corrected chi connectivity index (χ2v) is 5.83. The topological polar surface area (TPSA) is 99.3 Å². The molecule has 2 rings (SSSR count). The lowest BCUT2D eigenvalue weighted by Gasteiger charge is -2.10. The lowest BCUT2D eigenvalue weighted by atomic mass is 10.2. The number of amides is 1. The summed E-state index contributed by atoms with van der Waals surface area (Å²) in [4.78, 5) is 22.3. The third kappa shape index (κ3) is 4.50. The van der Waals surface area contributed by atoms with Crippen molar-refractivity contribution in [3.05, 3.63) is 44.0 Å². The zero-order chi connectivity index (χ0) is 18.7. The van der Waals surface area contributed by atoms with E-state index in [0.29, 0.717) is 16.9 Å². The summed E-state index contributed by atoms with van der Waals surface area (Å²) < 4.78 is 30.0. The van der Waals surface area contributed by atoms with Crippen molar-refractivity contribution in [3.63, 3.8) is 0 Å². The van der Waals surface area contributed by atoms with Crippen LogP contribution in [0, 0.1) is 24.0 Å². The first-order valence-electron chi connectivity index (χ1n) is 6.91. The van der Waals surface area contributed by atoms with Crippen LogP contribution >= 0.6 is 15.9 Å². The molecule has 0 aliphatic rings. The largest absolute Gasteiger partial charge is 0.435 e. The van der Waals surface area contributed by atoms with Gasteiger partial charge in [-0.25, -0.2) is 0 Å². The molecule has 0 atom stereocenters. The lowest BCUT2D eigenvalue weighted by Crippen LogP contribution is -2.20. The molecule has 0 aliphatic heterocycles. The molecule has 1 heterocycles. The summed E-state index contributed by atoms with van der Waals surface area (Å²) in [5.74, 6) is -0.874. The number of nitrogens with one attached hydrogen (secondary N) is 1. The Morgan fingerprint density at radius 1 is 1.48 bits per heavy atom. The van der Waals surface area contributed by atoms with E-state index in [1.807, 2.05) is 0 Å². The molecule has 1 N–H and O–H groups in total. The number of hydrogen-bond donors (Lipinski definition) is 1. The molecule has 2 aromatic rings. The Kier molecular flexibility index (Phi) is 5.67. The summed E-state index contributed by atoms with van der Waals surface area (Å²) in [5, 5.41) is 17.2. The van der Waals surface area contributed by atoms with Gasteiger partial charge in [-0.05, 0) is 58.5 Å². The number of halogens is 3. The van der Waals surface area contributed by atoms with E-state index in [1.165, 1.54) is 22.9 Å². The van der Waals surface area contributed by atoms with E-state index in [9.17, 15) is 23.7 Å². The zero-order valence-electron chi connectivity index (χ0n) is 13.1. The van der Waals surface area contributed by atoms with Gasteiger partial charge in [0.1, 0.15) is 16.8 Å². The maximum atomic E-state index is 12.2. The van der Waals surface area contributed by atoms with Crippen LogP contribution in [0.25, 0.3) is 0 Å². The van der Waals surface area contributed by atoms with Crippen LogP contribution in [0.1, 0.15) is 11.3 Å². The Balaban J connectivity index is 2.11. The molecule has 11 heteroatoms. The van der Waals surface area contributed by atoms with Crippen LogP contribution in [0.15, 0.2) is 22.7 Å². The number of benzene rings is 1. The highest BCUT2D eigenvalue weighted by Crippen LogP contribution is 2.27. The third-order valence-electron chi connectivity index (χ3n) is 3.28. The quantitative estimate of drug-likeness (QED) is 0.572. The van der Waals surface area contributed by atoms with Crippen LogP contribution < -0.4 is 10.1 Å². The third-order valence-corrected chi connectivity index (χ3v) is 4.21. The van der Waals surface area contributed by atoms with Gasteiger partial charge in [0.25, 0.3) is 0 Å². The smallest absolute Gasteiger partial charge is 0.404 e. The summed E-state index contributed by atoms with van der Waals surface area (Å²) in [6.07, 6.45) is 0. The van der Waals surface area contributed by atoms with Crippen LogP contribution in [0.3, 0.4) is 0 Å². The van der Waals surface area contributed by atoms with E-state index < -0.39 is 17.4 Å². The standard InChI is InChI=1S/C14H13BrF2N4O4/c1-7-5-9(25-14(16)17)3-4-10(7)18-11(22)6-20-8(2)12(15)13(19-20)21(23)24/h3-5,14H,6H2,1-2H3,(H,18,22). The normalized spacial score (nSPS) is 10.8. The van der Waals surface area contributed by atoms with Gasteiger partial charge in [0.2, 0.25) is 5.91 Å². The second kappa shape index (κ2) is 7.55. The minimum Gasteiger partial charge on any atom is -0.435 e. The molecular weight excluding hydrogens is 406 g/mol. The van der Waals surface area contributed by atoms with Crippen molar-refractivity contribution in [3.8, 4) is 5.75 Å². The fourth-order valence-electron chi connectivity index (χ4n) is 2.06. The summed E-state index contributed by atoms with van der Waals surface area (Å²) in [7, 11) is 0. The first-order chi connectivity index (χ1) is 11.7. The molecule has 0 saturated heterocycles. The van der Waals surface area contributed by atoms with E-state index in [1.54, 1.807) is 13.8 Å². The monoisotopic (exact) mass is 418 g/mol. The number of nitro groups is 1. The Hall–Kier alpha value is -2.56. The maximum Gasteiger partial charge on any atom is 0.404 e. The average Bonchev–Trinajstić information content (AvgIpc) is 2.78. The number of hydrogen-bond acceptors (Lipinski definition) is 5. The van der Waals surface area contributed by atoms with Gasteiger partial charge in [0.05, 0.1) is 10.8 Å². The number of aryl methyl sites for hydroxylation is 1. The van der Waals surface area contributed by atoms with Gasteiger partial charge in [0, 0.05) is 5.69 Å². The highest BCUT2D eigenvalue weighted by atomic mass is 79.9. The Morgan fingerprint density at radius 2 is 2.16 bits per heavy atom. The molecular formula is C14H13BrF2N4O4. The second-order valence-electron chi connectivity index (χ2n) is 5.04. The van der Waals surface area contributed by atoms with Crippen LogP contribution in [-0.4, -0.2) is 27.2 Å². The van der Waals surface area contributed by atoms with Crippen molar-refractivity contribution in [2.75, 3.05) is 5.32 Å². The first kappa shape index (κ1) is 18.8.